The van der Waals surface area contributed by atoms with Gasteiger partial charge in [0.1, 0.15) is 11.6 Å². The summed E-state index contributed by atoms with van der Waals surface area (Å²) >= 11 is 8.64. The highest BCUT2D eigenvalue weighted by Gasteiger charge is 2.20. The first-order valence-electron chi connectivity index (χ1n) is 8.57. The van der Waals surface area contributed by atoms with E-state index in [0.717, 1.165) is 21.1 Å². The zero-order chi connectivity index (χ0) is 19.5. The van der Waals surface area contributed by atoms with Crippen molar-refractivity contribution in [1.29, 1.82) is 0 Å². The first-order valence-corrected chi connectivity index (χ1v) is 10.6. The SMILES string of the molecule is O=C(NCc1cnc(-c2ccc(N3CCOCC3=O)cc2)s1)c1ccc(Cl)s1. The van der Waals surface area contributed by atoms with Crippen LogP contribution in [0.3, 0.4) is 0 Å². The zero-order valence-electron chi connectivity index (χ0n) is 14.7. The van der Waals surface area contributed by atoms with Crippen LogP contribution >= 0.6 is 34.3 Å². The lowest BCUT2D eigenvalue weighted by Gasteiger charge is -2.26. The highest BCUT2D eigenvalue weighted by Crippen LogP contribution is 2.28. The largest absolute Gasteiger partial charge is 0.370 e. The van der Waals surface area contributed by atoms with Crippen molar-refractivity contribution in [3.05, 3.63) is 56.7 Å². The molecule has 9 heteroatoms. The Morgan fingerprint density at radius 3 is 2.75 bits per heavy atom. The lowest BCUT2D eigenvalue weighted by Crippen LogP contribution is -2.41. The lowest BCUT2D eigenvalue weighted by molar-refractivity contribution is -0.125. The molecule has 6 nitrogen and oxygen atoms in total. The minimum Gasteiger partial charge on any atom is -0.370 e. The van der Waals surface area contributed by atoms with Gasteiger partial charge < -0.3 is 15.0 Å². The number of halogens is 1. The quantitative estimate of drug-likeness (QED) is 0.664. The number of nitrogens with one attached hydrogen (secondary N) is 1. The highest BCUT2D eigenvalue weighted by molar-refractivity contribution is 7.18. The molecule has 144 valence electrons. The second-order valence-corrected chi connectivity index (χ2v) is 8.89. The molecule has 0 unspecified atom stereocenters. The van der Waals surface area contributed by atoms with E-state index in [-0.39, 0.29) is 18.4 Å². The Hall–Kier alpha value is -2.26. The Morgan fingerprint density at radius 2 is 2.04 bits per heavy atom. The summed E-state index contributed by atoms with van der Waals surface area (Å²) in [6, 6.07) is 11.2. The standard InChI is InChI=1S/C19H16ClN3O3S2/c20-16-6-5-15(28-16)18(25)21-9-14-10-22-19(27-14)12-1-3-13(4-2-12)23-7-8-26-11-17(23)24/h1-6,10H,7-9,11H2,(H,21,25). The molecule has 0 spiro atoms. The maximum absolute atomic E-state index is 12.1. The Labute approximate surface area is 174 Å². The molecular weight excluding hydrogens is 418 g/mol. The number of aromatic nitrogens is 1. The van der Waals surface area contributed by atoms with Crippen molar-refractivity contribution < 1.29 is 14.3 Å². The summed E-state index contributed by atoms with van der Waals surface area (Å²) < 4.78 is 5.75. The van der Waals surface area contributed by atoms with E-state index < -0.39 is 0 Å². The van der Waals surface area contributed by atoms with E-state index in [4.69, 9.17) is 16.3 Å². The summed E-state index contributed by atoms with van der Waals surface area (Å²) in [6.45, 7) is 1.65. The maximum atomic E-state index is 12.1. The number of hydrogen-bond donors (Lipinski definition) is 1. The van der Waals surface area contributed by atoms with E-state index in [1.54, 1.807) is 23.2 Å². The summed E-state index contributed by atoms with van der Waals surface area (Å²) in [4.78, 5) is 31.8. The molecule has 3 heterocycles. The fourth-order valence-corrected chi connectivity index (χ4v) is 4.61. The van der Waals surface area contributed by atoms with Gasteiger partial charge in [-0.3, -0.25) is 9.59 Å². The molecule has 28 heavy (non-hydrogen) atoms. The van der Waals surface area contributed by atoms with Gasteiger partial charge in [0.2, 0.25) is 0 Å². The smallest absolute Gasteiger partial charge is 0.261 e. The van der Waals surface area contributed by atoms with Crippen molar-refractivity contribution in [2.45, 2.75) is 6.54 Å². The number of anilines is 1. The van der Waals surface area contributed by atoms with Crippen LogP contribution in [0.4, 0.5) is 5.69 Å². The van der Waals surface area contributed by atoms with Gasteiger partial charge in [-0.05, 0) is 36.4 Å². The number of benzene rings is 1. The van der Waals surface area contributed by atoms with Crippen LogP contribution in [-0.2, 0) is 16.1 Å². The number of rotatable bonds is 5. The molecule has 1 N–H and O–H groups in total. The molecule has 0 atom stereocenters. The molecule has 1 aliphatic rings. The number of morpholine rings is 1. The zero-order valence-corrected chi connectivity index (χ0v) is 17.1. The Bertz CT molecular complexity index is 1000. The van der Waals surface area contributed by atoms with Crippen molar-refractivity contribution in [3.8, 4) is 10.6 Å². The van der Waals surface area contributed by atoms with Crippen LogP contribution in [0.5, 0.6) is 0 Å². The average molecular weight is 434 g/mol. The molecular formula is C19H16ClN3O3S2. The fraction of sp³-hybridized carbons (Fsp3) is 0.211. The highest BCUT2D eigenvalue weighted by atomic mass is 35.5. The summed E-state index contributed by atoms with van der Waals surface area (Å²) in [5.74, 6) is -0.176. The van der Waals surface area contributed by atoms with Gasteiger partial charge >= 0.3 is 0 Å². The minimum absolute atomic E-state index is 0.0293. The second-order valence-electron chi connectivity index (χ2n) is 6.06. The molecule has 0 bridgehead atoms. The maximum Gasteiger partial charge on any atom is 0.261 e. The van der Waals surface area contributed by atoms with Gasteiger partial charge in [0, 0.05) is 28.9 Å². The fourth-order valence-electron chi connectivity index (χ4n) is 2.79. The topological polar surface area (TPSA) is 71.5 Å². The summed E-state index contributed by atoms with van der Waals surface area (Å²) in [7, 11) is 0. The van der Waals surface area contributed by atoms with Gasteiger partial charge in [0.15, 0.2) is 0 Å². The van der Waals surface area contributed by atoms with Crippen LogP contribution in [0.2, 0.25) is 4.34 Å². The molecule has 0 saturated carbocycles. The van der Waals surface area contributed by atoms with Crippen LogP contribution in [-0.4, -0.2) is 36.6 Å². The van der Waals surface area contributed by atoms with Crippen molar-refractivity contribution in [1.82, 2.24) is 10.3 Å². The molecule has 4 rings (SSSR count). The molecule has 1 saturated heterocycles. The van der Waals surface area contributed by atoms with Gasteiger partial charge in [0.25, 0.3) is 11.8 Å². The monoisotopic (exact) mass is 433 g/mol. The third-order valence-corrected chi connectivity index (χ3v) is 6.46. The van der Waals surface area contributed by atoms with Crippen LogP contribution in [0.15, 0.2) is 42.6 Å². The lowest BCUT2D eigenvalue weighted by atomic mass is 10.2. The van der Waals surface area contributed by atoms with Crippen molar-refractivity contribution in [2.24, 2.45) is 0 Å². The van der Waals surface area contributed by atoms with Crippen LogP contribution < -0.4 is 10.2 Å². The first-order chi connectivity index (χ1) is 13.6. The Balaban J connectivity index is 1.39. The number of carbonyl (C=O) groups is 2. The number of ether oxygens (including phenoxy) is 1. The van der Waals surface area contributed by atoms with E-state index >= 15 is 0 Å². The summed E-state index contributed by atoms with van der Waals surface area (Å²) in [6.07, 6.45) is 1.76. The molecule has 3 aromatic rings. The first kappa shape index (κ1) is 19.1. The Morgan fingerprint density at radius 1 is 1.21 bits per heavy atom. The van der Waals surface area contributed by atoms with Crippen molar-refractivity contribution >= 4 is 51.8 Å². The van der Waals surface area contributed by atoms with E-state index in [1.165, 1.54) is 22.7 Å². The van der Waals surface area contributed by atoms with Gasteiger partial charge in [-0.15, -0.1) is 22.7 Å². The van der Waals surface area contributed by atoms with Crippen molar-refractivity contribution in [3.63, 3.8) is 0 Å². The molecule has 2 aromatic heterocycles. The molecule has 1 aliphatic heterocycles. The number of amides is 2. The van der Waals surface area contributed by atoms with Gasteiger partial charge in [-0.25, -0.2) is 4.98 Å². The predicted molar refractivity (Wildman–Crippen MR) is 111 cm³/mol. The van der Waals surface area contributed by atoms with E-state index in [9.17, 15) is 9.59 Å². The summed E-state index contributed by atoms with van der Waals surface area (Å²) in [5.41, 5.74) is 1.83. The molecule has 2 amide bonds. The number of carbonyl (C=O) groups excluding carboxylic acids is 2. The van der Waals surface area contributed by atoms with Gasteiger partial charge in [0.05, 0.1) is 22.4 Å². The normalized spacial score (nSPS) is 14.3. The van der Waals surface area contributed by atoms with Crippen LogP contribution in [0.1, 0.15) is 14.5 Å². The average Bonchev–Trinajstić information content (AvgIpc) is 3.36. The third kappa shape index (κ3) is 4.25. The predicted octanol–water partition coefficient (Wildman–Crippen LogP) is 3.82. The molecule has 0 radical (unpaired) electrons. The molecule has 1 fully saturated rings. The number of thiazole rings is 1. The van der Waals surface area contributed by atoms with Crippen LogP contribution in [0, 0.1) is 0 Å². The number of nitrogens with zero attached hydrogens (tertiary/aromatic N) is 2. The number of hydrogen-bond acceptors (Lipinski definition) is 6. The van der Waals surface area contributed by atoms with E-state index in [2.05, 4.69) is 10.3 Å². The minimum atomic E-state index is -0.147. The molecule has 1 aromatic carbocycles. The Kier molecular flexibility index (Phi) is 5.72. The van der Waals surface area contributed by atoms with Crippen molar-refractivity contribution in [2.75, 3.05) is 24.7 Å². The van der Waals surface area contributed by atoms with Crippen LogP contribution in [0.25, 0.3) is 10.6 Å². The number of thiophene rings is 1. The van der Waals surface area contributed by atoms with E-state index in [0.29, 0.717) is 28.9 Å². The third-order valence-electron chi connectivity index (χ3n) is 4.19. The van der Waals surface area contributed by atoms with E-state index in [1.807, 2.05) is 24.3 Å². The summed E-state index contributed by atoms with van der Waals surface area (Å²) in [5, 5.41) is 3.74. The van der Waals surface area contributed by atoms with Gasteiger partial charge in [-0.2, -0.15) is 0 Å². The molecule has 0 aliphatic carbocycles. The van der Waals surface area contributed by atoms with Gasteiger partial charge in [-0.1, -0.05) is 11.6 Å². The second kappa shape index (κ2) is 8.40.